The molecule has 1 fully saturated rings. The normalized spacial score (nSPS) is 14.7. The van der Waals surface area contributed by atoms with E-state index in [2.05, 4.69) is 22.3 Å². The van der Waals surface area contributed by atoms with E-state index >= 15 is 0 Å². The Labute approximate surface area is 130 Å². The van der Waals surface area contributed by atoms with E-state index in [0.29, 0.717) is 5.76 Å². The van der Waals surface area contributed by atoms with E-state index in [-0.39, 0.29) is 5.91 Å². The smallest absolute Gasteiger partial charge is 0.248 e. The number of carbonyl (C=O) groups is 1. The lowest BCUT2D eigenvalue weighted by Gasteiger charge is -2.19. The molecule has 4 heteroatoms. The molecule has 0 atom stereocenters. The van der Waals surface area contributed by atoms with E-state index < -0.39 is 0 Å². The van der Waals surface area contributed by atoms with Gasteiger partial charge in [-0.3, -0.25) is 4.79 Å². The minimum absolute atomic E-state index is 0.159. The lowest BCUT2D eigenvalue weighted by molar-refractivity contribution is -0.111. The van der Waals surface area contributed by atoms with Crippen LogP contribution >= 0.6 is 0 Å². The van der Waals surface area contributed by atoms with Crippen LogP contribution in [0.1, 0.15) is 24.2 Å². The molecule has 1 aliphatic rings. The number of carbonyl (C=O) groups excluding carboxylic acids is 1. The molecule has 1 N–H and O–H groups in total. The summed E-state index contributed by atoms with van der Waals surface area (Å²) >= 11 is 0. The van der Waals surface area contributed by atoms with Crippen LogP contribution in [-0.4, -0.2) is 19.0 Å². The SMILES string of the molecule is Cc1cc(N2CCCC2)ccc1NC(=O)/C=C/c1ccco1. The van der Waals surface area contributed by atoms with Crippen molar-refractivity contribution in [2.45, 2.75) is 19.8 Å². The van der Waals surface area contributed by atoms with Crippen molar-refractivity contribution in [1.29, 1.82) is 0 Å². The van der Waals surface area contributed by atoms with Crippen molar-refractivity contribution in [3.63, 3.8) is 0 Å². The van der Waals surface area contributed by atoms with Gasteiger partial charge in [0.15, 0.2) is 0 Å². The molecular formula is C18H20N2O2. The maximum absolute atomic E-state index is 12.0. The Kier molecular flexibility index (Phi) is 4.28. The number of hydrogen-bond acceptors (Lipinski definition) is 3. The lowest BCUT2D eigenvalue weighted by Crippen LogP contribution is -2.18. The number of amides is 1. The molecular weight excluding hydrogens is 276 g/mol. The Morgan fingerprint density at radius 2 is 2.09 bits per heavy atom. The highest BCUT2D eigenvalue weighted by Crippen LogP contribution is 2.25. The summed E-state index contributed by atoms with van der Waals surface area (Å²) in [4.78, 5) is 14.3. The largest absolute Gasteiger partial charge is 0.465 e. The summed E-state index contributed by atoms with van der Waals surface area (Å²) in [7, 11) is 0. The standard InChI is InChI=1S/C18H20N2O2/c1-14-13-15(20-10-2-3-11-20)6-8-17(14)19-18(21)9-7-16-5-4-12-22-16/h4-9,12-13H,2-3,10-11H2,1H3,(H,19,21)/b9-7+. The van der Waals surface area contributed by atoms with Gasteiger partial charge >= 0.3 is 0 Å². The van der Waals surface area contributed by atoms with Crippen molar-refractivity contribution in [2.75, 3.05) is 23.3 Å². The zero-order valence-corrected chi connectivity index (χ0v) is 12.7. The van der Waals surface area contributed by atoms with Gasteiger partial charge in [0.2, 0.25) is 5.91 Å². The van der Waals surface area contributed by atoms with Crippen LogP contribution in [0.15, 0.2) is 47.1 Å². The summed E-state index contributed by atoms with van der Waals surface area (Å²) in [6, 6.07) is 9.78. The first kappa shape index (κ1) is 14.4. The zero-order chi connectivity index (χ0) is 15.4. The highest BCUT2D eigenvalue weighted by atomic mass is 16.3. The van der Waals surface area contributed by atoms with E-state index in [1.54, 1.807) is 24.5 Å². The molecule has 0 spiro atoms. The van der Waals surface area contributed by atoms with Gasteiger partial charge in [-0.15, -0.1) is 0 Å². The summed E-state index contributed by atoms with van der Waals surface area (Å²) in [5.74, 6) is 0.504. The predicted molar refractivity (Wildman–Crippen MR) is 89.0 cm³/mol. The first-order valence-electron chi connectivity index (χ1n) is 7.60. The highest BCUT2D eigenvalue weighted by molar-refractivity contribution is 6.02. The molecule has 0 aliphatic carbocycles. The van der Waals surface area contributed by atoms with Gasteiger partial charge in [0.05, 0.1) is 6.26 Å². The first-order chi connectivity index (χ1) is 10.7. The van der Waals surface area contributed by atoms with Crippen LogP contribution in [-0.2, 0) is 4.79 Å². The van der Waals surface area contributed by atoms with Crippen molar-refractivity contribution < 1.29 is 9.21 Å². The molecule has 4 nitrogen and oxygen atoms in total. The molecule has 1 saturated heterocycles. The van der Waals surface area contributed by atoms with Crippen molar-refractivity contribution in [3.05, 3.63) is 54.0 Å². The van der Waals surface area contributed by atoms with Crippen LogP contribution in [0, 0.1) is 6.92 Å². The monoisotopic (exact) mass is 296 g/mol. The van der Waals surface area contributed by atoms with E-state index in [4.69, 9.17) is 4.42 Å². The minimum atomic E-state index is -0.159. The molecule has 0 bridgehead atoms. The lowest BCUT2D eigenvalue weighted by atomic mass is 10.1. The Morgan fingerprint density at radius 3 is 2.77 bits per heavy atom. The third-order valence-electron chi connectivity index (χ3n) is 3.88. The second-order valence-electron chi connectivity index (χ2n) is 5.53. The number of nitrogens with one attached hydrogen (secondary N) is 1. The molecule has 1 aliphatic heterocycles. The molecule has 2 heterocycles. The van der Waals surface area contributed by atoms with Crippen molar-refractivity contribution >= 4 is 23.4 Å². The molecule has 0 saturated carbocycles. The molecule has 1 amide bonds. The number of benzene rings is 1. The molecule has 0 radical (unpaired) electrons. The Morgan fingerprint density at radius 1 is 1.27 bits per heavy atom. The fourth-order valence-corrected chi connectivity index (χ4v) is 2.68. The van der Waals surface area contributed by atoms with Gasteiger partial charge < -0.3 is 14.6 Å². The highest BCUT2D eigenvalue weighted by Gasteiger charge is 2.13. The first-order valence-corrected chi connectivity index (χ1v) is 7.60. The van der Waals surface area contributed by atoms with Crippen molar-refractivity contribution in [2.24, 2.45) is 0 Å². The number of rotatable bonds is 4. The van der Waals surface area contributed by atoms with Crippen LogP contribution in [0.5, 0.6) is 0 Å². The third kappa shape index (κ3) is 3.39. The number of anilines is 2. The van der Waals surface area contributed by atoms with Gasteiger partial charge in [0.25, 0.3) is 0 Å². The fraction of sp³-hybridized carbons (Fsp3) is 0.278. The van der Waals surface area contributed by atoms with Gasteiger partial charge in [-0.1, -0.05) is 0 Å². The van der Waals surface area contributed by atoms with Crippen LogP contribution in [0.2, 0.25) is 0 Å². The number of hydrogen-bond donors (Lipinski definition) is 1. The second kappa shape index (κ2) is 6.52. The van der Waals surface area contributed by atoms with Crippen molar-refractivity contribution in [3.8, 4) is 0 Å². The van der Waals surface area contributed by atoms with Gasteiger partial charge in [-0.05, 0) is 61.7 Å². The predicted octanol–water partition coefficient (Wildman–Crippen LogP) is 3.84. The summed E-state index contributed by atoms with van der Waals surface area (Å²) in [6.07, 6.45) is 7.24. The van der Waals surface area contributed by atoms with E-state index in [1.165, 1.54) is 24.6 Å². The van der Waals surface area contributed by atoms with Gasteiger partial charge in [0.1, 0.15) is 5.76 Å². The average Bonchev–Trinajstić information content (AvgIpc) is 3.20. The fourth-order valence-electron chi connectivity index (χ4n) is 2.68. The average molecular weight is 296 g/mol. The molecule has 114 valence electrons. The summed E-state index contributed by atoms with van der Waals surface area (Å²) < 4.78 is 5.16. The Bertz CT molecular complexity index is 668. The topological polar surface area (TPSA) is 45.5 Å². The molecule has 1 aromatic carbocycles. The van der Waals surface area contributed by atoms with Crippen LogP contribution < -0.4 is 10.2 Å². The molecule has 0 unspecified atom stereocenters. The Hall–Kier alpha value is -2.49. The Balaban J connectivity index is 1.65. The van der Waals surface area contributed by atoms with Crippen LogP contribution in [0.3, 0.4) is 0 Å². The van der Waals surface area contributed by atoms with Gasteiger partial charge in [0, 0.05) is 30.5 Å². The van der Waals surface area contributed by atoms with Crippen LogP contribution in [0.25, 0.3) is 6.08 Å². The van der Waals surface area contributed by atoms with E-state index in [0.717, 1.165) is 24.3 Å². The maximum atomic E-state index is 12.0. The van der Waals surface area contributed by atoms with E-state index in [9.17, 15) is 4.79 Å². The quantitative estimate of drug-likeness (QED) is 0.872. The van der Waals surface area contributed by atoms with E-state index in [1.807, 2.05) is 13.0 Å². The summed E-state index contributed by atoms with van der Waals surface area (Å²) in [5, 5.41) is 2.90. The number of nitrogens with zero attached hydrogens (tertiary/aromatic N) is 1. The van der Waals surface area contributed by atoms with Gasteiger partial charge in [-0.25, -0.2) is 0 Å². The third-order valence-corrected chi connectivity index (χ3v) is 3.88. The van der Waals surface area contributed by atoms with Crippen LogP contribution in [0.4, 0.5) is 11.4 Å². The van der Waals surface area contributed by atoms with Gasteiger partial charge in [-0.2, -0.15) is 0 Å². The molecule has 22 heavy (non-hydrogen) atoms. The molecule has 1 aromatic heterocycles. The molecule has 2 aromatic rings. The minimum Gasteiger partial charge on any atom is -0.465 e. The summed E-state index contributed by atoms with van der Waals surface area (Å²) in [5.41, 5.74) is 3.15. The second-order valence-corrected chi connectivity index (χ2v) is 5.53. The van der Waals surface area contributed by atoms with Crippen molar-refractivity contribution in [1.82, 2.24) is 0 Å². The number of furan rings is 1. The molecule has 3 rings (SSSR count). The number of aryl methyl sites for hydroxylation is 1. The maximum Gasteiger partial charge on any atom is 0.248 e. The summed E-state index contributed by atoms with van der Waals surface area (Å²) in [6.45, 7) is 4.26. The zero-order valence-electron chi connectivity index (χ0n) is 12.7.